The molecule has 0 unspecified atom stereocenters. The van der Waals surface area contributed by atoms with Gasteiger partial charge in [-0.2, -0.15) is 0 Å². The first-order chi connectivity index (χ1) is 6.68. The molecule has 0 aromatic heterocycles. The van der Waals surface area contributed by atoms with Crippen LogP contribution >= 0.6 is 0 Å². The molecule has 5 nitrogen and oxygen atoms in total. The van der Waals surface area contributed by atoms with Crippen LogP contribution in [0.1, 0.15) is 13.8 Å². The van der Waals surface area contributed by atoms with Crippen molar-refractivity contribution in [2.24, 2.45) is 0 Å². The van der Waals surface area contributed by atoms with E-state index in [4.69, 9.17) is 9.47 Å². The Kier molecular flexibility index (Phi) is 8.07. The molecule has 0 spiro atoms. The molecule has 0 rings (SSSR count). The average Bonchev–Trinajstić information content (AvgIpc) is 2.16. The van der Waals surface area contributed by atoms with Crippen LogP contribution in [0, 0.1) is 0 Å². The summed E-state index contributed by atoms with van der Waals surface area (Å²) in [5.74, 6) is -1.42. The molecular weight excluding hydrogens is 188 g/mol. The number of ether oxygens (including phenoxy) is 3. The highest BCUT2D eigenvalue weighted by atomic mass is 16.6. The van der Waals surface area contributed by atoms with Crippen molar-refractivity contribution in [3.63, 3.8) is 0 Å². The minimum atomic E-state index is -0.821. The van der Waals surface area contributed by atoms with Crippen LogP contribution in [0.4, 0.5) is 0 Å². The first-order valence-electron chi connectivity index (χ1n) is 4.51. The Morgan fingerprint density at radius 1 is 1.00 bits per heavy atom. The van der Waals surface area contributed by atoms with Gasteiger partial charge in [0.05, 0.1) is 19.8 Å². The Labute approximate surface area is 83.3 Å². The Morgan fingerprint density at radius 3 is 2.14 bits per heavy atom. The number of esters is 1. The largest absolute Gasteiger partial charge is 0.458 e. The Bertz CT molecular complexity index is 178. The molecule has 0 aliphatic heterocycles. The number of carbonyl (C=O) groups excluding carboxylic acids is 2. The van der Waals surface area contributed by atoms with Crippen LogP contribution in [0.2, 0.25) is 0 Å². The summed E-state index contributed by atoms with van der Waals surface area (Å²) in [4.78, 5) is 21.0. The maximum absolute atomic E-state index is 10.6. The zero-order valence-electron chi connectivity index (χ0n) is 8.58. The third-order valence-corrected chi connectivity index (χ3v) is 1.32. The van der Waals surface area contributed by atoms with Gasteiger partial charge in [0.1, 0.15) is 6.61 Å². The van der Waals surface area contributed by atoms with Crippen molar-refractivity contribution in [1.82, 2.24) is 0 Å². The summed E-state index contributed by atoms with van der Waals surface area (Å²) >= 11 is 0. The molecule has 0 radical (unpaired) electrons. The van der Waals surface area contributed by atoms with Crippen molar-refractivity contribution in [1.29, 1.82) is 0 Å². The second-order valence-corrected chi connectivity index (χ2v) is 2.50. The van der Waals surface area contributed by atoms with Crippen LogP contribution in [-0.4, -0.2) is 44.8 Å². The van der Waals surface area contributed by atoms with E-state index in [1.165, 1.54) is 0 Å². The van der Waals surface area contributed by atoms with Gasteiger partial charge < -0.3 is 14.2 Å². The fraction of sp³-hybridized carbons (Fsp3) is 0.778. The van der Waals surface area contributed by atoms with Crippen molar-refractivity contribution in [2.45, 2.75) is 13.8 Å². The van der Waals surface area contributed by atoms with Crippen LogP contribution in [0.5, 0.6) is 0 Å². The predicted molar refractivity (Wildman–Crippen MR) is 49.0 cm³/mol. The second kappa shape index (κ2) is 8.65. The van der Waals surface area contributed by atoms with Gasteiger partial charge in [0.15, 0.2) is 0 Å². The number of carbonyl (C=O) groups is 2. The maximum Gasteiger partial charge on any atom is 0.374 e. The summed E-state index contributed by atoms with van der Waals surface area (Å²) in [6.45, 7) is 5.09. The third kappa shape index (κ3) is 7.70. The van der Waals surface area contributed by atoms with Crippen LogP contribution < -0.4 is 0 Å². The fourth-order valence-electron chi connectivity index (χ4n) is 0.659. The lowest BCUT2D eigenvalue weighted by atomic mass is 10.5. The van der Waals surface area contributed by atoms with E-state index in [9.17, 15) is 9.59 Å². The Hall–Kier alpha value is -0.940. The van der Waals surface area contributed by atoms with Crippen molar-refractivity contribution in [3.05, 3.63) is 0 Å². The van der Waals surface area contributed by atoms with E-state index in [0.29, 0.717) is 19.8 Å². The third-order valence-electron chi connectivity index (χ3n) is 1.32. The van der Waals surface area contributed by atoms with Crippen molar-refractivity contribution >= 4 is 11.8 Å². The van der Waals surface area contributed by atoms with E-state index >= 15 is 0 Å². The second-order valence-electron chi connectivity index (χ2n) is 2.50. The maximum atomic E-state index is 10.6. The minimum absolute atomic E-state index is 0.102. The van der Waals surface area contributed by atoms with Crippen molar-refractivity contribution in [2.75, 3.05) is 33.0 Å². The summed E-state index contributed by atoms with van der Waals surface area (Å²) in [6.07, 6.45) is 0. The van der Waals surface area contributed by atoms with Crippen LogP contribution in [0.25, 0.3) is 0 Å². The van der Waals surface area contributed by atoms with Crippen molar-refractivity contribution in [3.8, 4) is 0 Å². The summed E-state index contributed by atoms with van der Waals surface area (Å²) in [7, 11) is 0. The van der Waals surface area contributed by atoms with Gasteiger partial charge in [0.2, 0.25) is 5.78 Å². The lowest BCUT2D eigenvalue weighted by Gasteiger charge is -2.04. The molecule has 0 atom stereocenters. The molecule has 0 aliphatic rings. The number of rotatable bonds is 8. The van der Waals surface area contributed by atoms with E-state index < -0.39 is 11.8 Å². The molecule has 0 aliphatic carbocycles. The first-order valence-corrected chi connectivity index (χ1v) is 4.51. The standard InChI is InChI=1S/C9H16O5/c1-3-12-4-5-13-6-7-14-9(11)8(2)10/h3-7H2,1-2H3. The molecule has 14 heavy (non-hydrogen) atoms. The van der Waals surface area contributed by atoms with E-state index in [0.717, 1.165) is 6.92 Å². The Morgan fingerprint density at radius 2 is 1.57 bits per heavy atom. The highest BCUT2D eigenvalue weighted by Gasteiger charge is 2.07. The van der Waals surface area contributed by atoms with Gasteiger partial charge >= 0.3 is 5.97 Å². The summed E-state index contributed by atoms with van der Waals surface area (Å²) < 4.78 is 14.6. The zero-order valence-corrected chi connectivity index (χ0v) is 8.58. The molecule has 0 saturated heterocycles. The lowest BCUT2D eigenvalue weighted by molar-refractivity contribution is -0.154. The summed E-state index contributed by atoms with van der Waals surface area (Å²) in [6, 6.07) is 0. The predicted octanol–water partition coefficient (Wildman–Crippen LogP) is 0.172. The molecule has 0 N–H and O–H groups in total. The molecule has 82 valence electrons. The van der Waals surface area contributed by atoms with E-state index in [1.807, 2.05) is 6.92 Å². The van der Waals surface area contributed by atoms with Gasteiger partial charge in [0, 0.05) is 13.5 Å². The smallest absolute Gasteiger partial charge is 0.374 e. The molecule has 0 amide bonds. The minimum Gasteiger partial charge on any atom is -0.458 e. The van der Waals surface area contributed by atoms with Crippen LogP contribution in [0.3, 0.4) is 0 Å². The number of hydrogen-bond donors (Lipinski definition) is 0. The summed E-state index contributed by atoms with van der Waals surface area (Å²) in [5.41, 5.74) is 0. The lowest BCUT2D eigenvalue weighted by Crippen LogP contribution is -2.17. The monoisotopic (exact) mass is 204 g/mol. The first kappa shape index (κ1) is 13.1. The van der Waals surface area contributed by atoms with E-state index in [1.54, 1.807) is 0 Å². The fourth-order valence-corrected chi connectivity index (χ4v) is 0.659. The van der Waals surface area contributed by atoms with Crippen LogP contribution in [0.15, 0.2) is 0 Å². The highest BCUT2D eigenvalue weighted by Crippen LogP contribution is 1.83. The average molecular weight is 204 g/mol. The summed E-state index contributed by atoms with van der Waals surface area (Å²) in [5, 5.41) is 0. The molecule has 0 bridgehead atoms. The SMILES string of the molecule is CCOCCOCCOC(=O)C(C)=O. The normalized spacial score (nSPS) is 9.86. The molecule has 0 fully saturated rings. The van der Waals surface area contributed by atoms with Gasteiger partial charge in [0.25, 0.3) is 0 Å². The Balaban J connectivity index is 3.13. The number of ketones is 1. The number of Topliss-reactive ketones (excluding diaryl/α,β-unsaturated/α-hetero) is 1. The molecule has 0 saturated carbocycles. The quantitative estimate of drug-likeness (QED) is 0.320. The van der Waals surface area contributed by atoms with Gasteiger partial charge in [-0.05, 0) is 6.92 Å². The topological polar surface area (TPSA) is 61.8 Å². The van der Waals surface area contributed by atoms with Crippen LogP contribution in [-0.2, 0) is 23.8 Å². The van der Waals surface area contributed by atoms with Gasteiger partial charge in [-0.1, -0.05) is 0 Å². The van der Waals surface area contributed by atoms with E-state index in [-0.39, 0.29) is 13.2 Å². The van der Waals surface area contributed by atoms with E-state index in [2.05, 4.69) is 4.74 Å². The highest BCUT2D eigenvalue weighted by molar-refractivity contribution is 6.32. The number of hydrogen-bond acceptors (Lipinski definition) is 5. The van der Waals surface area contributed by atoms with Gasteiger partial charge in [-0.15, -0.1) is 0 Å². The molecular formula is C9H16O5. The molecule has 0 aromatic rings. The van der Waals surface area contributed by atoms with Crippen molar-refractivity contribution < 1.29 is 23.8 Å². The molecule has 0 aromatic carbocycles. The zero-order chi connectivity index (χ0) is 10.8. The molecule has 5 heteroatoms. The van der Waals surface area contributed by atoms with Gasteiger partial charge in [-0.3, -0.25) is 4.79 Å². The van der Waals surface area contributed by atoms with Gasteiger partial charge in [-0.25, -0.2) is 4.79 Å². The molecule has 0 heterocycles.